The Bertz CT molecular complexity index is 286. The molecule has 0 saturated heterocycles. The zero-order chi connectivity index (χ0) is 9.97. The number of nitrogens with two attached hydrogens (primary N) is 1. The maximum absolute atomic E-state index is 5.84. The normalized spacial score (nSPS) is 21.0. The van der Waals surface area contributed by atoms with Gasteiger partial charge in [-0.2, -0.15) is 0 Å². The van der Waals surface area contributed by atoms with Crippen molar-refractivity contribution in [3.63, 3.8) is 0 Å². The van der Waals surface area contributed by atoms with E-state index in [-0.39, 0.29) is 6.04 Å². The van der Waals surface area contributed by atoms with E-state index in [0.717, 1.165) is 5.82 Å². The van der Waals surface area contributed by atoms with Gasteiger partial charge in [0, 0.05) is 6.04 Å². The van der Waals surface area contributed by atoms with Gasteiger partial charge < -0.3 is 10.3 Å². The van der Waals surface area contributed by atoms with Crippen LogP contribution in [0.15, 0.2) is 6.33 Å². The first-order chi connectivity index (χ1) is 6.79. The molecular weight excluding hydrogens is 176 g/mol. The van der Waals surface area contributed by atoms with Crippen LogP contribution >= 0.6 is 0 Å². The van der Waals surface area contributed by atoms with Crippen molar-refractivity contribution < 1.29 is 0 Å². The minimum Gasteiger partial charge on any atom is -0.322 e. The van der Waals surface area contributed by atoms with Gasteiger partial charge in [-0.15, -0.1) is 10.2 Å². The summed E-state index contributed by atoms with van der Waals surface area (Å²) in [7, 11) is 0. The maximum atomic E-state index is 5.84. The van der Waals surface area contributed by atoms with E-state index >= 15 is 0 Å². The van der Waals surface area contributed by atoms with Crippen LogP contribution in [0.1, 0.15) is 56.9 Å². The molecule has 2 rings (SSSR count). The van der Waals surface area contributed by atoms with Crippen LogP contribution in [-0.2, 0) is 0 Å². The molecule has 78 valence electrons. The minimum atomic E-state index is -0.0144. The third-order valence-corrected chi connectivity index (χ3v) is 2.98. The number of hydrogen-bond donors (Lipinski definition) is 1. The van der Waals surface area contributed by atoms with E-state index in [1.165, 1.54) is 32.1 Å². The zero-order valence-corrected chi connectivity index (χ0v) is 8.69. The Morgan fingerprint density at radius 1 is 1.43 bits per heavy atom. The lowest BCUT2D eigenvalue weighted by Crippen LogP contribution is -2.19. The Labute approximate surface area is 84.5 Å². The lowest BCUT2D eigenvalue weighted by molar-refractivity contribution is 0.341. The highest BCUT2D eigenvalue weighted by Crippen LogP contribution is 2.29. The Morgan fingerprint density at radius 3 is 2.79 bits per heavy atom. The molecule has 1 aromatic rings. The number of hydrogen-bond acceptors (Lipinski definition) is 3. The SMILES string of the molecule is C[C@@H](N)c1nncn1C1CCCCC1. The van der Waals surface area contributed by atoms with Crippen molar-refractivity contribution in [2.75, 3.05) is 0 Å². The van der Waals surface area contributed by atoms with Crippen molar-refractivity contribution in [1.82, 2.24) is 14.8 Å². The lowest BCUT2D eigenvalue weighted by atomic mass is 9.95. The van der Waals surface area contributed by atoms with Crippen molar-refractivity contribution >= 4 is 0 Å². The highest BCUT2D eigenvalue weighted by atomic mass is 15.3. The van der Waals surface area contributed by atoms with Crippen LogP contribution in [0.4, 0.5) is 0 Å². The van der Waals surface area contributed by atoms with Gasteiger partial charge in [0.25, 0.3) is 0 Å². The third kappa shape index (κ3) is 1.80. The van der Waals surface area contributed by atoms with Gasteiger partial charge in [0.15, 0.2) is 0 Å². The second-order valence-electron chi connectivity index (χ2n) is 4.18. The lowest BCUT2D eigenvalue weighted by Gasteiger charge is -2.24. The van der Waals surface area contributed by atoms with Crippen LogP contribution in [0.25, 0.3) is 0 Å². The number of rotatable bonds is 2. The molecule has 1 heterocycles. The maximum Gasteiger partial charge on any atom is 0.149 e. The largest absolute Gasteiger partial charge is 0.322 e. The van der Waals surface area contributed by atoms with E-state index in [2.05, 4.69) is 14.8 Å². The quantitative estimate of drug-likeness (QED) is 0.781. The van der Waals surface area contributed by atoms with Crippen molar-refractivity contribution in [1.29, 1.82) is 0 Å². The average molecular weight is 194 g/mol. The van der Waals surface area contributed by atoms with Gasteiger partial charge in [-0.1, -0.05) is 19.3 Å². The molecule has 14 heavy (non-hydrogen) atoms. The second kappa shape index (κ2) is 4.09. The van der Waals surface area contributed by atoms with Crippen LogP contribution in [0.2, 0.25) is 0 Å². The first-order valence-corrected chi connectivity index (χ1v) is 5.44. The van der Waals surface area contributed by atoms with Gasteiger partial charge in [0.1, 0.15) is 12.2 Å². The third-order valence-electron chi connectivity index (χ3n) is 2.98. The summed E-state index contributed by atoms with van der Waals surface area (Å²) in [6.07, 6.45) is 8.33. The highest BCUT2D eigenvalue weighted by Gasteiger charge is 2.19. The Kier molecular flexibility index (Phi) is 2.82. The molecule has 2 N–H and O–H groups in total. The summed E-state index contributed by atoms with van der Waals surface area (Å²) >= 11 is 0. The average Bonchev–Trinajstić information content (AvgIpc) is 2.67. The topological polar surface area (TPSA) is 56.7 Å². The Morgan fingerprint density at radius 2 is 2.14 bits per heavy atom. The van der Waals surface area contributed by atoms with Gasteiger partial charge in [0.05, 0.1) is 6.04 Å². The summed E-state index contributed by atoms with van der Waals surface area (Å²) in [5.41, 5.74) is 5.84. The molecule has 4 nitrogen and oxygen atoms in total. The summed E-state index contributed by atoms with van der Waals surface area (Å²) in [5.74, 6) is 0.928. The second-order valence-corrected chi connectivity index (χ2v) is 4.18. The molecule has 0 aromatic carbocycles. The van der Waals surface area contributed by atoms with Gasteiger partial charge >= 0.3 is 0 Å². The molecule has 0 unspecified atom stereocenters. The van der Waals surface area contributed by atoms with Crippen molar-refractivity contribution in [2.45, 2.75) is 51.1 Å². The van der Waals surface area contributed by atoms with E-state index in [9.17, 15) is 0 Å². The van der Waals surface area contributed by atoms with Crippen LogP contribution in [0, 0.1) is 0 Å². The fourth-order valence-electron chi connectivity index (χ4n) is 2.22. The van der Waals surface area contributed by atoms with Gasteiger partial charge in [-0.05, 0) is 19.8 Å². The first-order valence-electron chi connectivity index (χ1n) is 5.44. The predicted molar refractivity (Wildman–Crippen MR) is 54.7 cm³/mol. The summed E-state index contributed by atoms with van der Waals surface area (Å²) in [6, 6.07) is 0.569. The molecule has 0 amide bonds. The summed E-state index contributed by atoms with van der Waals surface area (Å²) < 4.78 is 2.17. The van der Waals surface area contributed by atoms with Crippen molar-refractivity contribution in [2.24, 2.45) is 5.73 Å². The molecule has 4 heteroatoms. The molecule has 1 atom stereocenters. The summed E-state index contributed by atoms with van der Waals surface area (Å²) in [5, 5.41) is 8.03. The molecule has 1 aliphatic rings. The Balaban J connectivity index is 2.17. The van der Waals surface area contributed by atoms with Gasteiger partial charge in [-0.3, -0.25) is 0 Å². The molecule has 1 fully saturated rings. The van der Waals surface area contributed by atoms with E-state index in [4.69, 9.17) is 5.73 Å². The van der Waals surface area contributed by atoms with E-state index < -0.39 is 0 Å². The molecule has 1 aliphatic carbocycles. The first kappa shape index (κ1) is 9.65. The van der Waals surface area contributed by atoms with Crippen LogP contribution in [0.3, 0.4) is 0 Å². The van der Waals surface area contributed by atoms with Crippen LogP contribution in [0.5, 0.6) is 0 Å². The summed E-state index contributed by atoms with van der Waals surface area (Å²) in [6.45, 7) is 1.96. The molecule has 0 spiro atoms. The molecule has 1 aromatic heterocycles. The van der Waals surface area contributed by atoms with Crippen molar-refractivity contribution in [3.05, 3.63) is 12.2 Å². The van der Waals surface area contributed by atoms with Crippen LogP contribution < -0.4 is 5.73 Å². The predicted octanol–water partition coefficient (Wildman–Crippen LogP) is 1.80. The van der Waals surface area contributed by atoms with Crippen LogP contribution in [-0.4, -0.2) is 14.8 Å². The molecule has 0 radical (unpaired) electrons. The van der Waals surface area contributed by atoms with Crippen molar-refractivity contribution in [3.8, 4) is 0 Å². The smallest absolute Gasteiger partial charge is 0.149 e. The van der Waals surface area contributed by atoms with E-state index in [1.807, 2.05) is 13.3 Å². The van der Waals surface area contributed by atoms with Gasteiger partial charge in [-0.25, -0.2) is 0 Å². The number of nitrogens with zero attached hydrogens (tertiary/aromatic N) is 3. The van der Waals surface area contributed by atoms with E-state index in [0.29, 0.717) is 6.04 Å². The zero-order valence-electron chi connectivity index (χ0n) is 8.69. The molecule has 1 saturated carbocycles. The fourth-order valence-corrected chi connectivity index (χ4v) is 2.22. The minimum absolute atomic E-state index is 0.0144. The molecule has 0 aliphatic heterocycles. The number of aromatic nitrogens is 3. The van der Waals surface area contributed by atoms with E-state index in [1.54, 1.807) is 0 Å². The standard InChI is InChI=1S/C10H18N4/c1-8(11)10-13-12-7-14(10)9-5-3-2-4-6-9/h7-9H,2-6,11H2,1H3/t8-/m1/s1. The molecule has 0 bridgehead atoms. The fraction of sp³-hybridized carbons (Fsp3) is 0.800. The van der Waals surface area contributed by atoms with Gasteiger partial charge in [0.2, 0.25) is 0 Å². The molecular formula is C10H18N4. The summed E-state index contributed by atoms with van der Waals surface area (Å²) in [4.78, 5) is 0. The highest BCUT2D eigenvalue weighted by molar-refractivity contribution is 4.95. The Hall–Kier alpha value is -0.900. The monoisotopic (exact) mass is 194 g/mol.